The number of carbonyl (C=O) groups is 1. The van der Waals surface area contributed by atoms with Crippen molar-refractivity contribution in [2.45, 2.75) is 13.3 Å². The number of rotatable bonds is 3. The fraction of sp³-hybridized carbons (Fsp3) is 0.562. The van der Waals surface area contributed by atoms with Crippen molar-refractivity contribution in [3.8, 4) is 0 Å². The van der Waals surface area contributed by atoms with Crippen molar-refractivity contribution < 1.29 is 9.53 Å². The molecule has 1 amide bonds. The van der Waals surface area contributed by atoms with Gasteiger partial charge >= 0.3 is 0 Å². The van der Waals surface area contributed by atoms with Crippen molar-refractivity contribution in [1.82, 2.24) is 14.9 Å². The SMILES string of the molecule is CCc1cc2c(N3CC(C(=O)N4CCOCC4)C3)ncnc2s1. The Kier molecular flexibility index (Phi) is 3.90. The largest absolute Gasteiger partial charge is 0.378 e. The average molecular weight is 332 g/mol. The first kappa shape index (κ1) is 14.8. The van der Waals surface area contributed by atoms with Gasteiger partial charge in [0.05, 0.1) is 24.5 Å². The molecule has 0 aliphatic carbocycles. The molecule has 0 spiro atoms. The third kappa shape index (κ3) is 2.68. The van der Waals surface area contributed by atoms with Crippen LogP contribution in [0.25, 0.3) is 10.2 Å². The van der Waals surface area contributed by atoms with Crippen molar-refractivity contribution in [2.75, 3.05) is 44.3 Å². The molecule has 6 nitrogen and oxygen atoms in total. The van der Waals surface area contributed by atoms with Crippen LogP contribution in [0.4, 0.5) is 5.82 Å². The van der Waals surface area contributed by atoms with E-state index < -0.39 is 0 Å². The van der Waals surface area contributed by atoms with Gasteiger partial charge in [0.2, 0.25) is 5.91 Å². The minimum atomic E-state index is 0.0856. The van der Waals surface area contributed by atoms with E-state index in [1.807, 2.05) is 4.90 Å². The zero-order chi connectivity index (χ0) is 15.8. The zero-order valence-electron chi connectivity index (χ0n) is 13.2. The highest BCUT2D eigenvalue weighted by Gasteiger charge is 2.37. The van der Waals surface area contributed by atoms with Crippen molar-refractivity contribution in [1.29, 1.82) is 0 Å². The number of anilines is 1. The Morgan fingerprint density at radius 2 is 2.13 bits per heavy atom. The predicted molar refractivity (Wildman–Crippen MR) is 89.9 cm³/mol. The van der Waals surface area contributed by atoms with Crippen LogP contribution in [0.3, 0.4) is 0 Å². The third-order valence-electron chi connectivity index (χ3n) is 4.56. The number of hydrogen-bond donors (Lipinski definition) is 0. The van der Waals surface area contributed by atoms with E-state index in [0.717, 1.165) is 48.6 Å². The van der Waals surface area contributed by atoms with Crippen molar-refractivity contribution in [3.05, 3.63) is 17.3 Å². The Labute approximate surface area is 139 Å². The summed E-state index contributed by atoms with van der Waals surface area (Å²) >= 11 is 1.73. The van der Waals surface area contributed by atoms with Gasteiger partial charge in [-0.1, -0.05) is 6.92 Å². The highest BCUT2D eigenvalue weighted by Crippen LogP contribution is 2.34. The van der Waals surface area contributed by atoms with Crippen molar-refractivity contribution in [3.63, 3.8) is 0 Å². The molecule has 0 bridgehead atoms. The lowest BCUT2D eigenvalue weighted by Gasteiger charge is -2.42. The quantitative estimate of drug-likeness (QED) is 0.853. The first-order chi connectivity index (χ1) is 11.3. The maximum atomic E-state index is 12.5. The van der Waals surface area contributed by atoms with Gasteiger partial charge in [-0.2, -0.15) is 0 Å². The number of fused-ring (bicyclic) bond motifs is 1. The van der Waals surface area contributed by atoms with Crippen molar-refractivity contribution >= 4 is 33.3 Å². The molecule has 2 aliphatic rings. The number of hydrogen-bond acceptors (Lipinski definition) is 6. The summed E-state index contributed by atoms with van der Waals surface area (Å²) in [6, 6.07) is 2.19. The molecule has 0 unspecified atom stereocenters. The molecule has 0 N–H and O–H groups in total. The lowest BCUT2D eigenvalue weighted by molar-refractivity contribution is -0.140. The molecule has 2 fully saturated rings. The van der Waals surface area contributed by atoms with Crippen LogP contribution >= 0.6 is 11.3 Å². The lowest BCUT2D eigenvalue weighted by atomic mass is 9.98. The fourth-order valence-corrected chi connectivity index (χ4v) is 4.10. The molecule has 0 atom stereocenters. The number of carbonyl (C=O) groups excluding carboxylic acids is 1. The number of morpholine rings is 1. The van der Waals surface area contributed by atoms with Crippen LogP contribution < -0.4 is 4.90 Å². The van der Waals surface area contributed by atoms with E-state index in [9.17, 15) is 4.79 Å². The van der Waals surface area contributed by atoms with E-state index in [4.69, 9.17) is 4.74 Å². The van der Waals surface area contributed by atoms with Crippen LogP contribution in [0, 0.1) is 5.92 Å². The van der Waals surface area contributed by atoms with Gasteiger partial charge in [-0.25, -0.2) is 9.97 Å². The second-order valence-electron chi connectivity index (χ2n) is 6.02. The second-order valence-corrected chi connectivity index (χ2v) is 7.14. The number of aromatic nitrogens is 2. The Bertz CT molecular complexity index is 720. The molecule has 4 rings (SSSR count). The normalized spacial score (nSPS) is 19.2. The van der Waals surface area contributed by atoms with Crippen molar-refractivity contribution in [2.24, 2.45) is 5.92 Å². The van der Waals surface area contributed by atoms with E-state index in [-0.39, 0.29) is 11.8 Å². The van der Waals surface area contributed by atoms with E-state index in [2.05, 4.69) is 27.9 Å². The Morgan fingerprint density at radius 1 is 1.35 bits per heavy atom. The summed E-state index contributed by atoms with van der Waals surface area (Å²) in [5.41, 5.74) is 0. The standard InChI is InChI=1S/C16H20N4O2S/c1-2-12-7-13-14(17-10-18-15(13)23-12)20-8-11(9-20)16(21)19-3-5-22-6-4-19/h7,10-11H,2-6,8-9H2,1H3. The third-order valence-corrected chi connectivity index (χ3v) is 5.75. The van der Waals surface area contributed by atoms with Gasteiger partial charge in [-0.15, -0.1) is 11.3 Å². The maximum Gasteiger partial charge on any atom is 0.229 e. The Hall–Kier alpha value is -1.73. The Balaban J connectivity index is 1.47. The minimum absolute atomic E-state index is 0.0856. The first-order valence-electron chi connectivity index (χ1n) is 8.11. The van der Waals surface area contributed by atoms with Crippen LogP contribution in [0.5, 0.6) is 0 Å². The second kappa shape index (κ2) is 6.05. The summed E-state index contributed by atoms with van der Waals surface area (Å²) in [6.07, 6.45) is 2.64. The van der Waals surface area contributed by atoms with Crippen LogP contribution in [-0.4, -0.2) is 60.2 Å². The zero-order valence-corrected chi connectivity index (χ0v) is 14.0. The highest BCUT2D eigenvalue weighted by molar-refractivity contribution is 7.18. The van der Waals surface area contributed by atoms with Gasteiger partial charge < -0.3 is 14.5 Å². The fourth-order valence-electron chi connectivity index (χ4n) is 3.17. The van der Waals surface area contributed by atoms with E-state index in [1.165, 1.54) is 4.88 Å². The summed E-state index contributed by atoms with van der Waals surface area (Å²) in [4.78, 5) is 27.8. The van der Waals surface area contributed by atoms with Crippen LogP contribution in [0.15, 0.2) is 12.4 Å². The molecular weight excluding hydrogens is 312 g/mol. The van der Waals surface area contributed by atoms with Crippen LogP contribution in [-0.2, 0) is 16.0 Å². The highest BCUT2D eigenvalue weighted by atomic mass is 32.1. The molecule has 23 heavy (non-hydrogen) atoms. The number of amides is 1. The first-order valence-corrected chi connectivity index (χ1v) is 8.93. The summed E-state index contributed by atoms with van der Waals surface area (Å²) in [5, 5.41) is 1.12. The van der Waals surface area contributed by atoms with Gasteiger partial charge in [-0.05, 0) is 12.5 Å². The molecule has 0 saturated carbocycles. The lowest BCUT2D eigenvalue weighted by Crippen LogP contribution is -2.56. The van der Waals surface area contributed by atoms with Gasteiger partial charge in [0.15, 0.2) is 0 Å². The van der Waals surface area contributed by atoms with E-state index in [0.29, 0.717) is 13.2 Å². The summed E-state index contributed by atoms with van der Waals surface area (Å²) in [7, 11) is 0. The number of ether oxygens (including phenoxy) is 1. The van der Waals surface area contributed by atoms with Crippen LogP contribution in [0.1, 0.15) is 11.8 Å². The van der Waals surface area contributed by atoms with Gasteiger partial charge in [-0.3, -0.25) is 4.79 Å². The monoisotopic (exact) mass is 332 g/mol. The summed E-state index contributed by atoms with van der Waals surface area (Å²) < 4.78 is 5.31. The van der Waals surface area contributed by atoms with Gasteiger partial charge in [0, 0.05) is 31.1 Å². The summed E-state index contributed by atoms with van der Waals surface area (Å²) in [5.74, 6) is 1.31. The van der Waals surface area contributed by atoms with Crippen LogP contribution in [0.2, 0.25) is 0 Å². The predicted octanol–water partition coefficient (Wildman–Crippen LogP) is 1.55. The van der Waals surface area contributed by atoms with E-state index in [1.54, 1.807) is 17.7 Å². The average Bonchev–Trinajstić information content (AvgIpc) is 2.98. The molecule has 2 aromatic heterocycles. The van der Waals surface area contributed by atoms with Gasteiger partial charge in [0.25, 0.3) is 0 Å². The Morgan fingerprint density at radius 3 is 2.87 bits per heavy atom. The molecule has 0 aromatic carbocycles. The number of aryl methyl sites for hydroxylation is 1. The topological polar surface area (TPSA) is 58.6 Å². The molecule has 4 heterocycles. The van der Waals surface area contributed by atoms with E-state index >= 15 is 0 Å². The smallest absolute Gasteiger partial charge is 0.229 e. The number of nitrogens with zero attached hydrogens (tertiary/aromatic N) is 4. The molecule has 2 aliphatic heterocycles. The molecule has 2 aromatic rings. The molecule has 2 saturated heterocycles. The molecule has 122 valence electrons. The number of thiophene rings is 1. The maximum absolute atomic E-state index is 12.5. The minimum Gasteiger partial charge on any atom is -0.378 e. The molecular formula is C16H20N4O2S. The summed E-state index contributed by atoms with van der Waals surface area (Å²) in [6.45, 7) is 6.40. The molecule has 7 heteroatoms. The van der Waals surface area contributed by atoms with Gasteiger partial charge in [0.1, 0.15) is 17.0 Å². The molecule has 0 radical (unpaired) electrons.